The Morgan fingerprint density at radius 3 is 2.79 bits per heavy atom. The van der Waals surface area contributed by atoms with Gasteiger partial charge < -0.3 is 20.8 Å². The molecule has 24 heavy (non-hydrogen) atoms. The van der Waals surface area contributed by atoms with Crippen LogP contribution in [0, 0.1) is 12.7 Å². The number of nitrogens with one attached hydrogen (secondary N) is 2. The molecule has 3 aromatic rings. The van der Waals surface area contributed by atoms with E-state index >= 15 is 0 Å². The summed E-state index contributed by atoms with van der Waals surface area (Å²) in [5.41, 5.74) is 8.96. The van der Waals surface area contributed by atoms with Crippen LogP contribution >= 0.6 is 0 Å². The van der Waals surface area contributed by atoms with Crippen LogP contribution in [-0.4, -0.2) is 24.7 Å². The van der Waals surface area contributed by atoms with Crippen LogP contribution in [0.4, 0.5) is 10.2 Å². The largest absolute Gasteiger partial charge is 0.489 e. The number of aromatic nitrogens is 1. The number of nitrogen functional groups attached to an aromatic ring is 1. The van der Waals surface area contributed by atoms with Gasteiger partial charge in [-0.3, -0.25) is 0 Å². The number of anilines is 1. The van der Waals surface area contributed by atoms with Crippen LogP contribution in [0.25, 0.3) is 22.0 Å². The van der Waals surface area contributed by atoms with Crippen molar-refractivity contribution < 1.29 is 9.13 Å². The number of nitrogens with two attached hydrogens (primary N) is 1. The molecule has 0 spiro atoms. The lowest BCUT2D eigenvalue weighted by Gasteiger charge is -2.17. The Morgan fingerprint density at radius 2 is 2.08 bits per heavy atom. The number of halogens is 1. The van der Waals surface area contributed by atoms with Crippen molar-refractivity contribution in [2.45, 2.75) is 20.0 Å². The molecule has 0 radical (unpaired) electrons. The Hall–Kier alpha value is -2.53. The van der Waals surface area contributed by atoms with Gasteiger partial charge in [-0.2, -0.15) is 0 Å². The van der Waals surface area contributed by atoms with Crippen molar-refractivity contribution in [3.05, 3.63) is 47.8 Å². The third-order valence-electron chi connectivity index (χ3n) is 4.05. The molecule has 2 aromatic carbocycles. The number of likely N-dealkylation sites (N-methyl/N-ethyl adjacent to an activating group) is 1. The van der Waals surface area contributed by atoms with Gasteiger partial charge in [0.25, 0.3) is 0 Å². The minimum atomic E-state index is -0.247. The van der Waals surface area contributed by atoms with Crippen LogP contribution in [-0.2, 0) is 0 Å². The molecule has 0 aliphatic rings. The molecule has 4 N–H and O–H groups in total. The van der Waals surface area contributed by atoms with Crippen molar-refractivity contribution in [3.8, 4) is 16.9 Å². The van der Waals surface area contributed by atoms with Crippen LogP contribution in [0.3, 0.4) is 0 Å². The highest BCUT2D eigenvalue weighted by atomic mass is 19.1. The number of rotatable bonds is 5. The maximum atomic E-state index is 14.4. The monoisotopic (exact) mass is 327 g/mol. The number of H-pyrrole nitrogens is 1. The number of aryl methyl sites for hydroxylation is 1. The van der Waals surface area contributed by atoms with Gasteiger partial charge in [0.1, 0.15) is 23.5 Å². The zero-order chi connectivity index (χ0) is 17.3. The lowest BCUT2D eigenvalue weighted by molar-refractivity contribution is 0.223. The Balaban J connectivity index is 2.16. The van der Waals surface area contributed by atoms with Crippen LogP contribution in [0.15, 0.2) is 36.4 Å². The van der Waals surface area contributed by atoms with Crippen LogP contribution in [0.1, 0.15) is 12.5 Å². The summed E-state index contributed by atoms with van der Waals surface area (Å²) in [5, 5.41) is 3.98. The standard InChI is InChI=1S/C19H22FN3O/c1-11-5-4-6-15(20)19(11)13-7-16-14(9-18(21)23-16)17(8-13)24-12(2)10-22-3/h4-9,12,22-23H,10,21H2,1-3H3. The third-order valence-corrected chi connectivity index (χ3v) is 4.05. The lowest BCUT2D eigenvalue weighted by atomic mass is 9.98. The summed E-state index contributed by atoms with van der Waals surface area (Å²) in [5.74, 6) is 1.00. The first-order valence-electron chi connectivity index (χ1n) is 7.98. The molecule has 0 fully saturated rings. The SMILES string of the molecule is CNCC(C)Oc1cc(-c2c(C)cccc2F)cc2[nH]c(N)cc12. The van der Waals surface area contributed by atoms with E-state index in [0.717, 1.165) is 22.0 Å². The molecular formula is C19H22FN3O. The van der Waals surface area contributed by atoms with E-state index in [2.05, 4.69) is 10.3 Å². The molecule has 0 aliphatic carbocycles. The van der Waals surface area contributed by atoms with E-state index in [9.17, 15) is 4.39 Å². The van der Waals surface area contributed by atoms with Gasteiger partial charge in [0.2, 0.25) is 0 Å². The van der Waals surface area contributed by atoms with Crippen LogP contribution in [0.2, 0.25) is 0 Å². The van der Waals surface area contributed by atoms with Crippen molar-refractivity contribution in [2.24, 2.45) is 0 Å². The highest BCUT2D eigenvalue weighted by Gasteiger charge is 2.15. The summed E-state index contributed by atoms with van der Waals surface area (Å²) in [6, 6.07) is 10.7. The minimum absolute atomic E-state index is 0.0220. The third kappa shape index (κ3) is 3.08. The summed E-state index contributed by atoms with van der Waals surface area (Å²) >= 11 is 0. The minimum Gasteiger partial charge on any atom is -0.489 e. The van der Waals surface area contributed by atoms with Crippen molar-refractivity contribution in [1.29, 1.82) is 0 Å². The predicted octanol–water partition coefficient (Wildman–Crippen LogP) is 3.85. The number of hydrogen-bond donors (Lipinski definition) is 3. The molecule has 0 aliphatic heterocycles. The van der Waals surface area contributed by atoms with Gasteiger partial charge >= 0.3 is 0 Å². The van der Waals surface area contributed by atoms with Gasteiger partial charge in [-0.25, -0.2) is 4.39 Å². The highest BCUT2D eigenvalue weighted by Crippen LogP contribution is 2.36. The van der Waals surface area contributed by atoms with Crippen molar-refractivity contribution in [2.75, 3.05) is 19.3 Å². The summed E-state index contributed by atoms with van der Waals surface area (Å²) in [6.45, 7) is 4.60. The Labute approximate surface area is 140 Å². The molecule has 1 atom stereocenters. The molecular weight excluding hydrogens is 305 g/mol. The Bertz CT molecular complexity index is 852. The van der Waals surface area contributed by atoms with E-state index in [0.29, 0.717) is 23.7 Å². The number of hydrogen-bond acceptors (Lipinski definition) is 3. The van der Waals surface area contributed by atoms with Gasteiger partial charge in [-0.05, 0) is 56.3 Å². The normalized spacial score (nSPS) is 12.5. The number of ether oxygens (including phenoxy) is 1. The average Bonchev–Trinajstić information content (AvgIpc) is 2.88. The Morgan fingerprint density at radius 1 is 1.29 bits per heavy atom. The molecule has 1 heterocycles. The van der Waals surface area contributed by atoms with Gasteiger partial charge in [-0.15, -0.1) is 0 Å². The van der Waals surface area contributed by atoms with Crippen LogP contribution in [0.5, 0.6) is 5.75 Å². The fourth-order valence-corrected chi connectivity index (χ4v) is 3.01. The first-order valence-corrected chi connectivity index (χ1v) is 7.98. The fourth-order valence-electron chi connectivity index (χ4n) is 3.01. The first kappa shape index (κ1) is 16.3. The summed E-state index contributed by atoms with van der Waals surface area (Å²) < 4.78 is 20.4. The van der Waals surface area contributed by atoms with Crippen molar-refractivity contribution in [1.82, 2.24) is 10.3 Å². The molecule has 0 amide bonds. The van der Waals surface area contributed by atoms with E-state index in [1.54, 1.807) is 6.07 Å². The second-order valence-electron chi connectivity index (χ2n) is 6.08. The van der Waals surface area contributed by atoms with Crippen molar-refractivity contribution in [3.63, 3.8) is 0 Å². The van der Waals surface area contributed by atoms with Crippen LogP contribution < -0.4 is 15.8 Å². The zero-order valence-corrected chi connectivity index (χ0v) is 14.1. The Kier molecular flexibility index (Phi) is 4.44. The molecule has 5 heteroatoms. The van der Waals surface area contributed by atoms with E-state index in [4.69, 9.17) is 10.5 Å². The first-order chi connectivity index (χ1) is 11.5. The molecule has 0 bridgehead atoms. The molecule has 1 aromatic heterocycles. The molecule has 0 saturated carbocycles. The predicted molar refractivity (Wildman–Crippen MR) is 96.9 cm³/mol. The molecule has 1 unspecified atom stereocenters. The number of fused-ring (bicyclic) bond motifs is 1. The second-order valence-corrected chi connectivity index (χ2v) is 6.08. The molecule has 0 saturated heterocycles. The zero-order valence-electron chi connectivity index (χ0n) is 14.1. The summed E-state index contributed by atoms with van der Waals surface area (Å²) in [7, 11) is 1.88. The molecule has 126 valence electrons. The maximum Gasteiger partial charge on any atom is 0.131 e. The summed E-state index contributed by atoms with van der Waals surface area (Å²) in [4.78, 5) is 3.11. The average molecular weight is 327 g/mol. The number of benzene rings is 2. The van der Waals surface area contributed by atoms with E-state index < -0.39 is 0 Å². The summed E-state index contributed by atoms with van der Waals surface area (Å²) in [6.07, 6.45) is -0.0220. The smallest absolute Gasteiger partial charge is 0.131 e. The fraction of sp³-hybridized carbons (Fsp3) is 0.263. The maximum absolute atomic E-state index is 14.4. The second kappa shape index (κ2) is 6.53. The van der Waals surface area contributed by atoms with E-state index in [1.807, 2.05) is 45.2 Å². The van der Waals surface area contributed by atoms with E-state index in [1.165, 1.54) is 6.07 Å². The molecule has 4 nitrogen and oxygen atoms in total. The van der Waals surface area contributed by atoms with E-state index in [-0.39, 0.29) is 11.9 Å². The molecule has 3 rings (SSSR count). The van der Waals surface area contributed by atoms with Crippen molar-refractivity contribution >= 4 is 16.7 Å². The topological polar surface area (TPSA) is 63.1 Å². The van der Waals surface area contributed by atoms with Gasteiger partial charge in [0, 0.05) is 17.5 Å². The number of aromatic amines is 1. The van der Waals surface area contributed by atoms with Gasteiger partial charge in [-0.1, -0.05) is 12.1 Å². The van der Waals surface area contributed by atoms with Gasteiger partial charge in [0.05, 0.1) is 5.52 Å². The van der Waals surface area contributed by atoms with Gasteiger partial charge in [0.15, 0.2) is 0 Å². The lowest BCUT2D eigenvalue weighted by Crippen LogP contribution is -2.26. The highest BCUT2D eigenvalue weighted by molar-refractivity contribution is 5.93. The quantitative estimate of drug-likeness (QED) is 0.667.